The number of aromatic nitrogens is 4. The van der Waals surface area contributed by atoms with E-state index in [0.717, 1.165) is 37.4 Å². The fraction of sp³-hybridized carbons (Fsp3) is 0. The average molecular weight is 398 g/mol. The zero-order valence-corrected chi connectivity index (χ0v) is 13.7. The van der Waals surface area contributed by atoms with Crippen molar-refractivity contribution in [2.75, 3.05) is 0 Å². The quantitative estimate of drug-likeness (QED) is 0.405. The molecule has 0 radical (unpaired) electrons. The minimum atomic E-state index is 0.857. The van der Waals surface area contributed by atoms with Crippen LogP contribution in [0.25, 0.3) is 33.7 Å². The molecule has 5 heteroatoms. The van der Waals surface area contributed by atoms with Gasteiger partial charge in [-0.15, -0.1) is 0 Å². The average Bonchev–Trinajstić information content (AvgIpc) is 2.99. The molecule has 1 N–H and O–H groups in total. The number of rotatable bonds is 2. The number of nitrogens with zero attached hydrogens (tertiary/aromatic N) is 3. The summed E-state index contributed by atoms with van der Waals surface area (Å²) in [4.78, 5) is 16.7. The first kappa shape index (κ1) is 13.4. The molecule has 4 heterocycles. The van der Waals surface area contributed by atoms with Crippen molar-refractivity contribution in [2.24, 2.45) is 0 Å². The molecule has 22 heavy (non-hydrogen) atoms. The highest BCUT2D eigenvalue weighted by molar-refractivity contribution is 14.1. The molecule has 0 spiro atoms. The lowest BCUT2D eigenvalue weighted by atomic mass is 10.1. The molecule has 0 bridgehead atoms. The summed E-state index contributed by atoms with van der Waals surface area (Å²) in [5, 5.41) is 1.05. The maximum atomic E-state index is 4.54. The topological polar surface area (TPSA) is 54.5 Å². The Morgan fingerprint density at radius 2 is 1.82 bits per heavy atom. The molecule has 0 aliphatic heterocycles. The van der Waals surface area contributed by atoms with E-state index in [-0.39, 0.29) is 0 Å². The van der Waals surface area contributed by atoms with Crippen molar-refractivity contribution in [3.63, 3.8) is 0 Å². The maximum Gasteiger partial charge on any atom is 0.137 e. The number of hydrogen-bond donors (Lipinski definition) is 1. The molecule has 4 aromatic rings. The van der Waals surface area contributed by atoms with Crippen LogP contribution in [0.5, 0.6) is 0 Å². The Labute approximate surface area is 140 Å². The molecule has 0 fully saturated rings. The Kier molecular flexibility index (Phi) is 3.34. The molecule has 4 aromatic heterocycles. The monoisotopic (exact) mass is 398 g/mol. The Hall–Kier alpha value is -2.28. The third-order valence-electron chi connectivity index (χ3n) is 3.42. The van der Waals surface area contributed by atoms with Crippen molar-refractivity contribution in [2.45, 2.75) is 0 Å². The van der Waals surface area contributed by atoms with Crippen molar-refractivity contribution in [1.82, 2.24) is 19.9 Å². The molecular weight excluding hydrogens is 387 g/mol. The van der Waals surface area contributed by atoms with Crippen LogP contribution in [0.3, 0.4) is 0 Å². The number of halogens is 1. The molecule has 0 aliphatic rings. The summed E-state index contributed by atoms with van der Waals surface area (Å²) in [5.41, 5.74) is 4.68. The van der Waals surface area contributed by atoms with Gasteiger partial charge in [0.25, 0.3) is 0 Å². The van der Waals surface area contributed by atoms with E-state index in [4.69, 9.17) is 0 Å². The van der Waals surface area contributed by atoms with E-state index in [1.54, 1.807) is 6.20 Å². The van der Waals surface area contributed by atoms with Crippen molar-refractivity contribution < 1.29 is 0 Å². The second-order valence-electron chi connectivity index (χ2n) is 4.91. The smallest absolute Gasteiger partial charge is 0.137 e. The van der Waals surface area contributed by atoms with Gasteiger partial charge in [-0.2, -0.15) is 0 Å². The normalized spacial score (nSPS) is 11.0. The molecule has 0 amide bonds. The van der Waals surface area contributed by atoms with Gasteiger partial charge in [-0.25, -0.2) is 9.97 Å². The van der Waals surface area contributed by atoms with Gasteiger partial charge >= 0.3 is 0 Å². The Balaban J connectivity index is 1.82. The molecule has 0 aliphatic carbocycles. The zero-order chi connectivity index (χ0) is 14.9. The molecule has 106 valence electrons. The summed E-state index contributed by atoms with van der Waals surface area (Å²) < 4.78 is 0.971. The van der Waals surface area contributed by atoms with E-state index in [0.29, 0.717) is 0 Å². The van der Waals surface area contributed by atoms with Gasteiger partial charge in [0.15, 0.2) is 0 Å². The lowest BCUT2D eigenvalue weighted by Crippen LogP contribution is -1.87. The summed E-state index contributed by atoms with van der Waals surface area (Å²) in [5.74, 6) is 0. The largest absolute Gasteiger partial charge is 0.338 e. The van der Waals surface area contributed by atoms with Gasteiger partial charge in [-0.05, 0) is 59.0 Å². The predicted molar refractivity (Wildman–Crippen MR) is 95.3 cm³/mol. The molecular formula is C17H11IN4. The van der Waals surface area contributed by atoms with Crippen LogP contribution in [0.15, 0.2) is 60.9 Å². The van der Waals surface area contributed by atoms with Crippen LogP contribution in [0.4, 0.5) is 0 Å². The third kappa shape index (κ3) is 2.48. The summed E-state index contributed by atoms with van der Waals surface area (Å²) >= 11 is 2.22. The fourth-order valence-electron chi connectivity index (χ4n) is 2.38. The van der Waals surface area contributed by atoms with Crippen LogP contribution in [0.2, 0.25) is 0 Å². The minimum Gasteiger partial charge on any atom is -0.338 e. The van der Waals surface area contributed by atoms with E-state index in [1.807, 2.05) is 42.6 Å². The van der Waals surface area contributed by atoms with Gasteiger partial charge in [0.05, 0.1) is 17.1 Å². The molecule has 0 saturated carbocycles. The number of pyridine rings is 3. The molecule has 4 rings (SSSR count). The number of H-pyrrole nitrogens is 1. The lowest BCUT2D eigenvalue weighted by molar-refractivity contribution is 1.25. The van der Waals surface area contributed by atoms with E-state index < -0.39 is 0 Å². The molecule has 4 nitrogen and oxygen atoms in total. The van der Waals surface area contributed by atoms with E-state index >= 15 is 0 Å². The highest BCUT2D eigenvalue weighted by Crippen LogP contribution is 2.25. The highest BCUT2D eigenvalue weighted by atomic mass is 127. The van der Waals surface area contributed by atoms with Gasteiger partial charge in [-0.1, -0.05) is 12.1 Å². The number of fused-ring (bicyclic) bond motifs is 1. The van der Waals surface area contributed by atoms with Crippen LogP contribution < -0.4 is 0 Å². The Morgan fingerprint density at radius 1 is 0.909 bits per heavy atom. The number of hydrogen-bond acceptors (Lipinski definition) is 3. The minimum absolute atomic E-state index is 0.857. The van der Waals surface area contributed by atoms with Crippen LogP contribution in [0, 0.1) is 3.70 Å². The zero-order valence-electron chi connectivity index (χ0n) is 11.5. The second-order valence-corrected chi connectivity index (χ2v) is 6.01. The highest BCUT2D eigenvalue weighted by Gasteiger charge is 2.07. The van der Waals surface area contributed by atoms with Gasteiger partial charge < -0.3 is 4.98 Å². The van der Waals surface area contributed by atoms with Crippen LogP contribution in [0.1, 0.15) is 0 Å². The van der Waals surface area contributed by atoms with Crippen molar-refractivity contribution in [3.05, 3.63) is 64.6 Å². The predicted octanol–water partition coefficient (Wildman–Crippen LogP) is 4.29. The van der Waals surface area contributed by atoms with Crippen LogP contribution in [-0.2, 0) is 0 Å². The van der Waals surface area contributed by atoms with Gasteiger partial charge in [0.2, 0.25) is 0 Å². The third-order valence-corrected chi connectivity index (χ3v) is 4.02. The lowest BCUT2D eigenvalue weighted by Gasteiger charge is -2.00. The van der Waals surface area contributed by atoms with Crippen molar-refractivity contribution >= 4 is 33.6 Å². The van der Waals surface area contributed by atoms with Crippen LogP contribution in [-0.4, -0.2) is 19.9 Å². The fourth-order valence-corrected chi connectivity index (χ4v) is 2.85. The van der Waals surface area contributed by atoms with E-state index in [9.17, 15) is 0 Å². The van der Waals surface area contributed by atoms with E-state index in [2.05, 4.69) is 54.7 Å². The summed E-state index contributed by atoms with van der Waals surface area (Å²) in [7, 11) is 0. The summed E-state index contributed by atoms with van der Waals surface area (Å²) in [6.07, 6.45) is 3.63. The first-order chi connectivity index (χ1) is 10.8. The van der Waals surface area contributed by atoms with Gasteiger partial charge in [-0.3, -0.25) is 4.98 Å². The molecule has 0 unspecified atom stereocenters. The van der Waals surface area contributed by atoms with Gasteiger partial charge in [0.1, 0.15) is 9.35 Å². The Morgan fingerprint density at radius 3 is 2.64 bits per heavy atom. The molecule has 0 atom stereocenters. The van der Waals surface area contributed by atoms with E-state index in [1.165, 1.54) is 0 Å². The molecule has 0 saturated heterocycles. The first-order valence-electron chi connectivity index (χ1n) is 6.83. The summed E-state index contributed by atoms with van der Waals surface area (Å²) in [6, 6.07) is 16.0. The first-order valence-corrected chi connectivity index (χ1v) is 7.90. The van der Waals surface area contributed by atoms with Crippen molar-refractivity contribution in [3.8, 4) is 22.6 Å². The SMILES string of the molecule is Ic1cccc(-c2cnc3[nH]c(-c4ccccn4)cc3c2)n1. The second kappa shape index (κ2) is 5.49. The standard InChI is InChI=1S/C17H11IN4/c18-16-6-3-5-13(21-16)12-8-11-9-15(22-17(11)20-10-12)14-4-1-2-7-19-14/h1-10H,(H,20,22). The number of nitrogens with one attached hydrogen (secondary N) is 1. The number of aromatic amines is 1. The maximum absolute atomic E-state index is 4.54. The van der Waals surface area contributed by atoms with Gasteiger partial charge in [0, 0.05) is 23.3 Å². The van der Waals surface area contributed by atoms with Crippen LogP contribution >= 0.6 is 22.6 Å². The molecule has 0 aromatic carbocycles. The summed E-state index contributed by atoms with van der Waals surface area (Å²) in [6.45, 7) is 0. The Bertz CT molecular complexity index is 947. The van der Waals surface area contributed by atoms with Crippen molar-refractivity contribution in [1.29, 1.82) is 0 Å².